The largest absolute Gasteiger partial charge is 0.325 e. The lowest BCUT2D eigenvalue weighted by atomic mass is 10.2. The summed E-state index contributed by atoms with van der Waals surface area (Å²) < 4.78 is 14.4. The molecule has 0 amide bonds. The minimum atomic E-state index is -0.648. The molecule has 0 saturated heterocycles. The molecule has 0 saturated carbocycles. The van der Waals surface area contributed by atoms with Gasteiger partial charge in [-0.25, -0.2) is 9.07 Å². The van der Waals surface area contributed by atoms with Gasteiger partial charge in [-0.2, -0.15) is 0 Å². The van der Waals surface area contributed by atoms with E-state index in [9.17, 15) is 14.0 Å². The monoisotopic (exact) mass is 235 g/mol. The second kappa shape index (κ2) is 4.34. The highest BCUT2D eigenvalue weighted by molar-refractivity contribution is 5.95. The van der Waals surface area contributed by atoms with E-state index >= 15 is 0 Å². The van der Waals surface area contributed by atoms with E-state index in [4.69, 9.17) is 5.73 Å². The van der Waals surface area contributed by atoms with Crippen LogP contribution in [0.1, 0.15) is 16.1 Å². The SMILES string of the molecule is NCc1cc(=O)[nH]n1C(=O)c1ccccc1F. The molecule has 2 rings (SSSR count). The lowest BCUT2D eigenvalue weighted by Gasteiger charge is -2.05. The van der Waals surface area contributed by atoms with Gasteiger partial charge in [0.25, 0.3) is 11.5 Å². The van der Waals surface area contributed by atoms with Crippen molar-refractivity contribution >= 4 is 5.91 Å². The number of rotatable bonds is 2. The third-order valence-electron chi connectivity index (χ3n) is 2.32. The minimum Gasteiger partial charge on any atom is -0.325 e. The average molecular weight is 235 g/mol. The van der Waals surface area contributed by atoms with Crippen LogP contribution in [-0.2, 0) is 6.54 Å². The molecule has 1 heterocycles. The maximum Gasteiger partial charge on any atom is 0.279 e. The smallest absolute Gasteiger partial charge is 0.279 e. The van der Waals surface area contributed by atoms with Crippen LogP contribution < -0.4 is 11.3 Å². The van der Waals surface area contributed by atoms with Gasteiger partial charge in [-0.3, -0.25) is 14.7 Å². The fourth-order valence-electron chi connectivity index (χ4n) is 1.52. The number of H-pyrrole nitrogens is 1. The molecule has 5 nitrogen and oxygen atoms in total. The Labute approximate surface area is 95.7 Å². The summed E-state index contributed by atoms with van der Waals surface area (Å²) in [5.74, 6) is -1.29. The number of hydrogen-bond donors (Lipinski definition) is 2. The fraction of sp³-hybridized carbons (Fsp3) is 0.0909. The van der Waals surface area contributed by atoms with Gasteiger partial charge >= 0.3 is 0 Å². The van der Waals surface area contributed by atoms with Crippen LogP contribution in [0.5, 0.6) is 0 Å². The maximum absolute atomic E-state index is 13.4. The molecule has 1 aromatic heterocycles. The number of nitrogens with one attached hydrogen (secondary N) is 1. The number of aromatic amines is 1. The average Bonchev–Trinajstić information content (AvgIpc) is 2.70. The zero-order chi connectivity index (χ0) is 12.4. The van der Waals surface area contributed by atoms with Crippen molar-refractivity contribution in [3.63, 3.8) is 0 Å². The summed E-state index contributed by atoms with van der Waals surface area (Å²) >= 11 is 0. The van der Waals surface area contributed by atoms with E-state index in [1.165, 1.54) is 24.3 Å². The van der Waals surface area contributed by atoms with E-state index < -0.39 is 17.3 Å². The number of nitrogens with zero attached hydrogens (tertiary/aromatic N) is 1. The number of benzene rings is 1. The molecule has 17 heavy (non-hydrogen) atoms. The Hall–Kier alpha value is -2.21. The van der Waals surface area contributed by atoms with E-state index in [-0.39, 0.29) is 12.1 Å². The van der Waals surface area contributed by atoms with Crippen molar-refractivity contribution in [3.8, 4) is 0 Å². The first kappa shape index (κ1) is 11.3. The van der Waals surface area contributed by atoms with Crippen LogP contribution in [0.15, 0.2) is 35.1 Å². The lowest BCUT2D eigenvalue weighted by molar-refractivity contribution is 0.0937. The first-order valence-corrected chi connectivity index (χ1v) is 4.93. The molecule has 3 N–H and O–H groups in total. The molecule has 0 unspecified atom stereocenters. The van der Waals surface area contributed by atoms with Gasteiger partial charge in [0.1, 0.15) is 5.82 Å². The van der Waals surface area contributed by atoms with Crippen LogP contribution in [0.25, 0.3) is 0 Å². The molecule has 0 aliphatic carbocycles. The second-order valence-electron chi connectivity index (χ2n) is 3.44. The highest BCUT2D eigenvalue weighted by Gasteiger charge is 2.16. The number of hydrogen-bond acceptors (Lipinski definition) is 3. The van der Waals surface area contributed by atoms with Crippen molar-refractivity contribution < 1.29 is 9.18 Å². The Morgan fingerprint density at radius 1 is 1.41 bits per heavy atom. The second-order valence-corrected chi connectivity index (χ2v) is 3.44. The summed E-state index contributed by atoms with van der Waals surface area (Å²) in [5.41, 5.74) is 5.14. The fourth-order valence-corrected chi connectivity index (χ4v) is 1.52. The predicted molar refractivity (Wildman–Crippen MR) is 59.1 cm³/mol. The molecule has 0 spiro atoms. The van der Waals surface area contributed by atoms with Gasteiger partial charge in [-0.05, 0) is 12.1 Å². The van der Waals surface area contributed by atoms with Gasteiger partial charge in [0.15, 0.2) is 0 Å². The molecule has 1 aromatic carbocycles. The van der Waals surface area contributed by atoms with E-state index in [0.29, 0.717) is 5.69 Å². The van der Waals surface area contributed by atoms with Crippen LogP contribution in [-0.4, -0.2) is 15.7 Å². The first-order chi connectivity index (χ1) is 8.13. The standard InChI is InChI=1S/C11H10FN3O2/c12-9-4-2-1-3-8(9)11(17)15-7(6-13)5-10(16)14-15/h1-5H,6,13H2,(H,14,16). The zero-order valence-electron chi connectivity index (χ0n) is 8.81. The molecule has 0 fully saturated rings. The van der Waals surface area contributed by atoms with Gasteiger partial charge in [-0.15, -0.1) is 0 Å². The van der Waals surface area contributed by atoms with E-state index in [0.717, 1.165) is 4.68 Å². The predicted octanol–water partition coefficient (Wildman–Crippen LogP) is 0.463. The van der Waals surface area contributed by atoms with Crippen LogP contribution in [0, 0.1) is 5.82 Å². The number of halogens is 1. The van der Waals surface area contributed by atoms with Crippen LogP contribution in [0.3, 0.4) is 0 Å². The van der Waals surface area contributed by atoms with Crippen molar-refractivity contribution in [1.82, 2.24) is 9.78 Å². The summed E-state index contributed by atoms with van der Waals surface area (Å²) in [7, 11) is 0. The van der Waals surface area contributed by atoms with Gasteiger partial charge < -0.3 is 5.73 Å². The topological polar surface area (TPSA) is 80.9 Å². The van der Waals surface area contributed by atoms with E-state index in [1.54, 1.807) is 6.07 Å². The highest BCUT2D eigenvalue weighted by Crippen LogP contribution is 2.09. The normalized spacial score (nSPS) is 10.5. The molecule has 88 valence electrons. The van der Waals surface area contributed by atoms with Gasteiger partial charge in [0, 0.05) is 12.6 Å². The van der Waals surface area contributed by atoms with Crippen LogP contribution in [0.4, 0.5) is 4.39 Å². The van der Waals surface area contributed by atoms with Gasteiger partial charge in [0.05, 0.1) is 11.3 Å². The van der Waals surface area contributed by atoms with Gasteiger partial charge in [-0.1, -0.05) is 12.1 Å². The first-order valence-electron chi connectivity index (χ1n) is 4.93. The van der Waals surface area contributed by atoms with Crippen molar-refractivity contribution in [1.29, 1.82) is 0 Å². The third kappa shape index (κ3) is 2.02. The number of carbonyl (C=O) groups is 1. The number of carbonyl (C=O) groups excluding carboxylic acids is 1. The number of nitrogens with two attached hydrogens (primary N) is 1. The Morgan fingerprint density at radius 3 is 2.76 bits per heavy atom. The Bertz CT molecular complexity index is 615. The molecule has 0 aliphatic rings. The van der Waals surface area contributed by atoms with Crippen molar-refractivity contribution in [2.75, 3.05) is 0 Å². The highest BCUT2D eigenvalue weighted by atomic mass is 19.1. The molecular weight excluding hydrogens is 225 g/mol. The maximum atomic E-state index is 13.4. The van der Waals surface area contributed by atoms with Crippen molar-refractivity contribution in [2.24, 2.45) is 5.73 Å². The van der Waals surface area contributed by atoms with Gasteiger partial charge in [0.2, 0.25) is 0 Å². The number of aromatic nitrogens is 2. The lowest BCUT2D eigenvalue weighted by Crippen LogP contribution is -2.20. The van der Waals surface area contributed by atoms with Crippen LogP contribution >= 0.6 is 0 Å². The van der Waals surface area contributed by atoms with E-state index in [1.807, 2.05) is 0 Å². The van der Waals surface area contributed by atoms with Crippen molar-refractivity contribution in [3.05, 3.63) is 57.8 Å². The molecule has 0 radical (unpaired) electrons. The quantitative estimate of drug-likeness (QED) is 0.793. The molecule has 2 aromatic rings. The molecule has 0 bridgehead atoms. The van der Waals surface area contributed by atoms with Crippen molar-refractivity contribution in [2.45, 2.75) is 6.54 Å². The zero-order valence-corrected chi connectivity index (χ0v) is 8.81. The summed E-state index contributed by atoms with van der Waals surface area (Å²) in [6, 6.07) is 6.75. The Morgan fingerprint density at radius 2 is 2.12 bits per heavy atom. The summed E-state index contributed by atoms with van der Waals surface area (Å²) in [4.78, 5) is 23.1. The molecule has 0 aliphatic heterocycles. The minimum absolute atomic E-state index is 0.0128. The summed E-state index contributed by atoms with van der Waals surface area (Å²) in [5, 5.41) is 2.29. The Balaban J connectivity index is 2.51. The Kier molecular flexibility index (Phi) is 2.88. The summed E-state index contributed by atoms with van der Waals surface area (Å²) in [6.07, 6.45) is 0. The molecular formula is C11H10FN3O2. The molecule has 6 heteroatoms. The molecule has 0 atom stereocenters. The third-order valence-corrected chi connectivity index (χ3v) is 2.32. The summed E-state index contributed by atoms with van der Waals surface area (Å²) in [6.45, 7) is 0.0128. The van der Waals surface area contributed by atoms with E-state index in [2.05, 4.69) is 5.10 Å². The van der Waals surface area contributed by atoms with Crippen LogP contribution in [0.2, 0.25) is 0 Å².